The van der Waals surface area contributed by atoms with Crippen LogP contribution in [0.1, 0.15) is 142 Å². The van der Waals surface area contributed by atoms with Crippen LogP contribution in [0, 0.1) is 5.92 Å². The first-order chi connectivity index (χ1) is 47.5. The maximum Gasteiger partial charge on any atom is 0.326 e. The molecule has 552 valence electrons. The summed E-state index contributed by atoms with van der Waals surface area (Å²) in [6.07, 6.45) is 9.57. The van der Waals surface area contributed by atoms with Gasteiger partial charge in [0.1, 0.15) is 29.1 Å². The molecule has 3 amide bonds. The van der Waals surface area contributed by atoms with Crippen LogP contribution in [-0.4, -0.2) is 297 Å². The van der Waals surface area contributed by atoms with Crippen molar-refractivity contribution in [3.8, 4) is 28.4 Å². The lowest BCUT2D eigenvalue weighted by atomic mass is 9.84. The molecule has 0 unspecified atom stereocenters. The van der Waals surface area contributed by atoms with Crippen LogP contribution >= 0.6 is 0 Å². The topological polar surface area (TPSA) is 316 Å². The Morgan fingerprint density at radius 1 is 0.586 bits per heavy atom. The molecule has 0 spiro atoms. The molecule has 0 bridgehead atoms. The van der Waals surface area contributed by atoms with E-state index >= 15 is 0 Å². The average molecular weight is 1390 g/mol. The van der Waals surface area contributed by atoms with Gasteiger partial charge in [-0.15, -0.1) is 0 Å². The van der Waals surface area contributed by atoms with Gasteiger partial charge in [-0.2, -0.15) is 5.10 Å². The van der Waals surface area contributed by atoms with E-state index in [1.54, 1.807) is 82.9 Å². The van der Waals surface area contributed by atoms with E-state index in [-0.39, 0.29) is 85.7 Å². The zero-order valence-corrected chi connectivity index (χ0v) is 59.8. The van der Waals surface area contributed by atoms with Gasteiger partial charge in [0.05, 0.1) is 89.5 Å². The maximum absolute atomic E-state index is 14.0. The van der Waals surface area contributed by atoms with Crippen molar-refractivity contribution in [3.05, 3.63) is 71.6 Å². The zero-order chi connectivity index (χ0) is 72.2. The number of benzene rings is 2. The molecule has 1 saturated heterocycles. The summed E-state index contributed by atoms with van der Waals surface area (Å²) in [5.41, 5.74) is 2.95. The molecule has 5 N–H and O–H groups in total. The first-order valence-corrected chi connectivity index (χ1v) is 35.1. The van der Waals surface area contributed by atoms with Gasteiger partial charge in [-0.25, -0.2) is 9.48 Å². The summed E-state index contributed by atoms with van der Waals surface area (Å²) in [4.78, 5) is 115. The number of hydrogen-bond donors (Lipinski definition) is 5. The van der Waals surface area contributed by atoms with Crippen molar-refractivity contribution in [2.24, 2.45) is 5.92 Å². The summed E-state index contributed by atoms with van der Waals surface area (Å²) in [6.45, 7) is 16.2. The van der Waals surface area contributed by atoms with Crippen LogP contribution in [0.2, 0.25) is 0 Å². The number of nitrogens with zero attached hydrogens (tertiary/aromatic N) is 9. The molecule has 2 fully saturated rings. The van der Waals surface area contributed by atoms with Gasteiger partial charge in [0.15, 0.2) is 5.69 Å². The number of unbranched alkanes of at least 4 members (excludes halogenated alkanes) is 2. The minimum absolute atomic E-state index is 0.00856. The fourth-order valence-corrected chi connectivity index (χ4v) is 12.4. The number of carboxylic acid groups (broad SMARTS) is 3. The molecule has 1 aliphatic heterocycles. The van der Waals surface area contributed by atoms with E-state index in [2.05, 4.69) is 16.8 Å². The Balaban J connectivity index is 0.918. The molecule has 0 radical (unpaired) electrons. The van der Waals surface area contributed by atoms with Crippen molar-refractivity contribution < 1.29 is 82.5 Å². The molecule has 1 aromatic heterocycles. The monoisotopic (exact) mass is 1390 g/mol. The second-order valence-electron chi connectivity index (χ2n) is 26.3. The van der Waals surface area contributed by atoms with Crippen molar-refractivity contribution in [3.63, 3.8) is 0 Å². The normalized spacial score (nSPS) is 15.2. The van der Waals surface area contributed by atoms with Gasteiger partial charge in [0.2, 0.25) is 5.91 Å². The number of ether oxygens (including phenoxy) is 5. The first-order valence-electron chi connectivity index (χ1n) is 35.1. The van der Waals surface area contributed by atoms with E-state index in [1.807, 2.05) is 42.8 Å². The highest BCUT2D eigenvalue weighted by Gasteiger charge is 2.33. The minimum Gasteiger partial charge on any atom is -0.512 e. The third-order valence-electron chi connectivity index (χ3n) is 18.1. The molecule has 2 heterocycles. The lowest BCUT2D eigenvalue weighted by Gasteiger charge is -2.33. The number of carbonyl (C=O) groups is 8. The number of aliphatic hydroxyl groups is 1. The van der Waals surface area contributed by atoms with Crippen LogP contribution in [-0.2, 0) is 43.0 Å². The number of nitrogens with one attached hydrogen (secondary N) is 1. The number of rotatable bonds is 45. The lowest BCUT2D eigenvalue weighted by Crippen LogP contribution is -2.48. The molecule has 1 aliphatic carbocycles. The van der Waals surface area contributed by atoms with E-state index in [9.17, 15) is 58.8 Å². The van der Waals surface area contributed by atoms with Crippen molar-refractivity contribution in [1.82, 2.24) is 49.4 Å². The zero-order valence-electron chi connectivity index (χ0n) is 59.8. The number of ketones is 2. The smallest absolute Gasteiger partial charge is 0.326 e. The lowest BCUT2D eigenvalue weighted by molar-refractivity contribution is -0.141. The number of aromatic nitrogens is 2. The van der Waals surface area contributed by atoms with Crippen molar-refractivity contribution in [1.29, 1.82) is 0 Å². The third kappa shape index (κ3) is 29.8. The Kier molecular flexibility index (Phi) is 37.2. The predicted molar refractivity (Wildman–Crippen MR) is 375 cm³/mol. The average Bonchev–Trinajstić information content (AvgIpc) is 1.66. The number of carbonyl (C=O) groups excluding carboxylic acids is 5. The van der Waals surface area contributed by atoms with Crippen molar-refractivity contribution >= 4 is 47.2 Å². The molecular weight excluding hydrogens is 1280 g/mol. The maximum atomic E-state index is 14.0. The van der Waals surface area contributed by atoms with E-state index in [4.69, 9.17) is 28.8 Å². The number of hydrogen-bond acceptors (Lipinski definition) is 20. The molecule has 2 aliphatic rings. The third-order valence-corrected chi connectivity index (χ3v) is 18.1. The predicted octanol–water partition coefficient (Wildman–Crippen LogP) is 6.46. The van der Waals surface area contributed by atoms with Crippen LogP contribution in [0.15, 0.2) is 54.8 Å². The first kappa shape index (κ1) is 82.3. The van der Waals surface area contributed by atoms with E-state index in [1.165, 1.54) is 0 Å². The van der Waals surface area contributed by atoms with Gasteiger partial charge in [-0.05, 0) is 125 Å². The fourth-order valence-electron chi connectivity index (χ4n) is 12.4. The molecule has 1 atom stereocenters. The summed E-state index contributed by atoms with van der Waals surface area (Å²) in [6, 6.07) is 11.3. The second-order valence-corrected chi connectivity index (χ2v) is 26.3. The van der Waals surface area contributed by atoms with Crippen LogP contribution < -0.4 is 14.8 Å². The van der Waals surface area contributed by atoms with Crippen LogP contribution in [0.25, 0.3) is 16.9 Å². The molecule has 99 heavy (non-hydrogen) atoms. The highest BCUT2D eigenvalue weighted by atomic mass is 16.5. The van der Waals surface area contributed by atoms with Crippen LogP contribution in [0.5, 0.6) is 11.5 Å². The van der Waals surface area contributed by atoms with E-state index in [0.717, 1.165) is 44.3 Å². The summed E-state index contributed by atoms with van der Waals surface area (Å²) in [5, 5.41) is 46.7. The highest BCUT2D eigenvalue weighted by Crippen LogP contribution is 2.41. The summed E-state index contributed by atoms with van der Waals surface area (Å²) in [7, 11) is 8.63. The SMILES string of the molecule is C=C(O)CN1CCN(CC(=O)O)CCN(CC(=O)O)CCN(CC(=O)CCCCOCCOCCOCCCCC(=O)CCC(=O)N(C)CCCN(C)CCCN(C)C(=O)c2ccc(-n3nc(C(=O)N[C@H](C(=O)O)C4CCCCC4)cc3-c3c(OC)cccc3OC)c(C(C)C)c2)CC1. The molecule has 2 aromatic carbocycles. The van der Waals surface area contributed by atoms with Crippen LogP contribution in [0.3, 0.4) is 0 Å². The van der Waals surface area contributed by atoms with Gasteiger partial charge >= 0.3 is 17.9 Å². The largest absolute Gasteiger partial charge is 0.512 e. The fraction of sp³-hybridized carbons (Fsp3) is 0.653. The summed E-state index contributed by atoms with van der Waals surface area (Å²) >= 11 is 0. The van der Waals surface area contributed by atoms with Crippen molar-refractivity contribution in [2.75, 3.05) is 180 Å². The number of Topliss-reactive ketones (excluding diaryl/α,β-unsaturated/α-hetero) is 2. The molecule has 27 nitrogen and oxygen atoms in total. The number of aliphatic carboxylic acids is 3. The Morgan fingerprint density at radius 2 is 1.09 bits per heavy atom. The minimum atomic E-state index is -1.08. The standard InChI is InChI=1S/C72H112N10O17/c1-53(2)59-47-56(25-27-61(59)82-62(68-63(95-7)23-16-24-64(68)96-8)48-60(74-82)70(91)73-69(72(93)94)55-19-10-9-11-20-55)71(92)77(6)32-18-30-75(4)29-17-31-76(5)65(86)28-26-57(84)21-12-14-41-97-43-45-99-46-44-98-42-15-13-22-58(85)50-79-35-33-78(49-54(3)83)34-37-80(51-66(87)88)39-40-81(38-36-79)52-67(89)90/h16,23-25,27,47-48,53,55,69,83H,3,9-15,17-22,26,28-46,49-52H2,1-2,4-8H3,(H,73,91)(H,87,88)(H,89,90)(H,93,94)/t69-/m0/s1. The Bertz CT molecular complexity index is 2990. The Labute approximate surface area is 584 Å². The number of carboxylic acids is 3. The van der Waals surface area contributed by atoms with Gasteiger partial charge in [-0.1, -0.05) is 45.8 Å². The van der Waals surface area contributed by atoms with E-state index < -0.39 is 29.9 Å². The molecule has 5 rings (SSSR count). The molecule has 27 heteroatoms. The van der Waals surface area contributed by atoms with Crippen LogP contribution in [0.4, 0.5) is 0 Å². The van der Waals surface area contributed by atoms with Gasteiger partial charge < -0.3 is 64.1 Å². The van der Waals surface area contributed by atoms with Gasteiger partial charge in [-0.3, -0.25) is 53.2 Å². The highest BCUT2D eigenvalue weighted by molar-refractivity contribution is 5.97. The molecule has 1 saturated carbocycles. The molecule has 3 aromatic rings. The van der Waals surface area contributed by atoms with E-state index in [0.29, 0.717) is 197 Å². The number of amides is 3. The second kappa shape index (κ2) is 44.7. The summed E-state index contributed by atoms with van der Waals surface area (Å²) < 4.78 is 30.2. The summed E-state index contributed by atoms with van der Waals surface area (Å²) in [5.74, 6) is -3.10. The van der Waals surface area contributed by atoms with Gasteiger partial charge in [0, 0.05) is 124 Å². The Hall–Kier alpha value is -7.37. The quantitative estimate of drug-likeness (QED) is 0.0299. The molecular formula is C72H112N10O17. The Morgan fingerprint density at radius 3 is 1.60 bits per heavy atom. The van der Waals surface area contributed by atoms with Crippen molar-refractivity contribution in [2.45, 2.75) is 122 Å². The number of methoxy groups -OCH3 is 2. The number of aliphatic hydroxyl groups excluding tert-OH is 1. The van der Waals surface area contributed by atoms with Gasteiger partial charge in [0.25, 0.3) is 11.8 Å².